The number of urea groups is 1. The molecule has 0 spiro atoms. The maximum absolute atomic E-state index is 13.2. The molecule has 8 heteroatoms. The molecule has 32 heavy (non-hydrogen) atoms. The zero-order valence-corrected chi connectivity index (χ0v) is 18.9. The van der Waals surface area contributed by atoms with Crippen molar-refractivity contribution >= 4 is 16.9 Å². The van der Waals surface area contributed by atoms with Crippen LogP contribution in [0, 0.1) is 0 Å². The van der Waals surface area contributed by atoms with Crippen LogP contribution in [0.25, 0.3) is 10.9 Å². The lowest BCUT2D eigenvalue weighted by atomic mass is 9.96. The smallest absolute Gasteiger partial charge is 0.318 e. The Morgan fingerprint density at radius 2 is 1.84 bits per heavy atom. The van der Waals surface area contributed by atoms with Crippen molar-refractivity contribution in [3.05, 3.63) is 34.1 Å². The van der Waals surface area contributed by atoms with E-state index in [1.54, 1.807) is 25.2 Å². The maximum atomic E-state index is 13.2. The number of benzene rings is 1. The van der Waals surface area contributed by atoms with Crippen LogP contribution in [0.15, 0.2) is 23.0 Å². The van der Waals surface area contributed by atoms with Gasteiger partial charge in [-0.05, 0) is 37.8 Å². The van der Waals surface area contributed by atoms with E-state index < -0.39 is 0 Å². The minimum Gasteiger partial charge on any atom is -0.493 e. The third-order valence-electron chi connectivity index (χ3n) is 6.45. The quantitative estimate of drug-likeness (QED) is 0.683. The van der Waals surface area contributed by atoms with E-state index in [0.717, 1.165) is 50.5 Å². The topological polar surface area (TPSA) is 92.9 Å². The van der Waals surface area contributed by atoms with Crippen LogP contribution in [-0.4, -0.2) is 55.4 Å². The molecule has 1 atom stereocenters. The predicted octanol–water partition coefficient (Wildman–Crippen LogP) is 3.57. The minimum absolute atomic E-state index is 0.0102. The molecule has 2 N–H and O–H groups in total. The van der Waals surface area contributed by atoms with Gasteiger partial charge in [-0.15, -0.1) is 0 Å². The van der Waals surface area contributed by atoms with Crippen LogP contribution in [0.4, 0.5) is 4.79 Å². The van der Waals surface area contributed by atoms with Crippen LogP contribution in [0.3, 0.4) is 0 Å². The van der Waals surface area contributed by atoms with E-state index in [2.05, 4.69) is 10.3 Å². The van der Waals surface area contributed by atoms with Crippen LogP contribution in [0.2, 0.25) is 0 Å². The first-order valence-corrected chi connectivity index (χ1v) is 11.5. The number of pyridine rings is 1. The Labute approximate surface area is 188 Å². The molecule has 1 saturated carbocycles. The summed E-state index contributed by atoms with van der Waals surface area (Å²) in [6.45, 7) is 1.42. The lowest BCUT2D eigenvalue weighted by Gasteiger charge is -2.29. The molecule has 2 heterocycles. The Morgan fingerprint density at radius 3 is 2.53 bits per heavy atom. The molecule has 2 amide bonds. The van der Waals surface area contributed by atoms with Gasteiger partial charge < -0.3 is 29.4 Å². The van der Waals surface area contributed by atoms with E-state index in [1.807, 2.05) is 12.1 Å². The molecular formula is C24H33N3O5. The van der Waals surface area contributed by atoms with Crippen molar-refractivity contribution in [3.8, 4) is 11.5 Å². The van der Waals surface area contributed by atoms with Gasteiger partial charge in [0, 0.05) is 36.2 Å². The van der Waals surface area contributed by atoms with Crippen molar-refractivity contribution in [2.24, 2.45) is 0 Å². The fourth-order valence-electron chi connectivity index (χ4n) is 4.67. The number of hydrogen-bond donors (Lipinski definition) is 2. The Kier molecular flexibility index (Phi) is 7.19. The average molecular weight is 444 g/mol. The second kappa shape index (κ2) is 10.3. The summed E-state index contributed by atoms with van der Waals surface area (Å²) in [5.74, 6) is 1.14. The molecule has 2 aromatic rings. The highest BCUT2D eigenvalue weighted by atomic mass is 16.5. The lowest BCUT2D eigenvalue weighted by Crippen LogP contribution is -2.48. The molecule has 174 valence electrons. The average Bonchev–Trinajstić information content (AvgIpc) is 3.32. The third-order valence-corrected chi connectivity index (χ3v) is 6.45. The van der Waals surface area contributed by atoms with Gasteiger partial charge in [0.2, 0.25) is 0 Å². The van der Waals surface area contributed by atoms with Gasteiger partial charge in [0.15, 0.2) is 11.5 Å². The summed E-state index contributed by atoms with van der Waals surface area (Å²) in [6, 6.07) is 5.49. The van der Waals surface area contributed by atoms with E-state index in [0.29, 0.717) is 29.1 Å². The van der Waals surface area contributed by atoms with Crippen molar-refractivity contribution in [1.82, 2.24) is 15.2 Å². The number of H-pyrrole nitrogens is 1. The largest absolute Gasteiger partial charge is 0.493 e. The van der Waals surface area contributed by atoms with Gasteiger partial charge in [-0.2, -0.15) is 0 Å². The summed E-state index contributed by atoms with van der Waals surface area (Å²) in [5, 5.41) is 4.01. The SMILES string of the molecule is COc1cc2cc(CN(C[C@@H]3CCCO3)C(=O)NC3CCCCC3)c(=O)[nH]c2cc1OC. The Hall–Kier alpha value is -2.74. The van der Waals surface area contributed by atoms with Crippen molar-refractivity contribution < 1.29 is 19.0 Å². The van der Waals surface area contributed by atoms with Crippen LogP contribution < -0.4 is 20.3 Å². The predicted molar refractivity (Wildman–Crippen MR) is 122 cm³/mol. The number of ether oxygens (including phenoxy) is 3. The van der Waals surface area contributed by atoms with Crippen molar-refractivity contribution in [2.75, 3.05) is 27.4 Å². The Morgan fingerprint density at radius 1 is 1.09 bits per heavy atom. The van der Waals surface area contributed by atoms with Crippen LogP contribution in [-0.2, 0) is 11.3 Å². The standard InChI is InChI=1S/C24H33N3O5/c1-30-21-12-16-11-17(23(28)26-20(16)13-22(21)31-2)14-27(15-19-9-6-10-32-19)24(29)25-18-7-4-3-5-8-18/h11-13,18-19H,3-10,14-15H2,1-2H3,(H,25,29)(H,26,28)/t19-/m0/s1. The monoisotopic (exact) mass is 443 g/mol. The van der Waals surface area contributed by atoms with Crippen LogP contribution in [0.1, 0.15) is 50.5 Å². The number of hydrogen-bond acceptors (Lipinski definition) is 5. The van der Waals surface area contributed by atoms with Gasteiger partial charge in [-0.25, -0.2) is 4.79 Å². The van der Waals surface area contributed by atoms with Gasteiger partial charge in [0.25, 0.3) is 5.56 Å². The van der Waals surface area contributed by atoms with Gasteiger partial charge in [0.1, 0.15) is 0 Å². The molecule has 2 fully saturated rings. The molecule has 1 aromatic carbocycles. The highest BCUT2D eigenvalue weighted by molar-refractivity contribution is 5.83. The number of carbonyl (C=O) groups is 1. The van der Waals surface area contributed by atoms with E-state index in [1.165, 1.54) is 6.42 Å². The Bertz CT molecular complexity index is 993. The second-order valence-electron chi connectivity index (χ2n) is 8.72. The molecule has 2 aliphatic rings. The van der Waals surface area contributed by atoms with Crippen LogP contribution in [0.5, 0.6) is 11.5 Å². The first-order chi connectivity index (χ1) is 15.6. The number of aromatic nitrogens is 1. The number of methoxy groups -OCH3 is 2. The van der Waals surface area contributed by atoms with Gasteiger partial charge in [0.05, 0.1) is 32.4 Å². The highest BCUT2D eigenvalue weighted by Crippen LogP contribution is 2.31. The first kappa shape index (κ1) is 22.5. The van der Waals surface area contributed by atoms with Gasteiger partial charge in [-0.3, -0.25) is 4.79 Å². The summed E-state index contributed by atoms with van der Waals surface area (Å²) in [7, 11) is 3.14. The lowest BCUT2D eigenvalue weighted by molar-refractivity contribution is 0.0784. The summed E-state index contributed by atoms with van der Waals surface area (Å²) in [5.41, 5.74) is 0.975. The van der Waals surface area contributed by atoms with Crippen molar-refractivity contribution in [2.45, 2.75) is 63.6 Å². The fourth-order valence-corrected chi connectivity index (χ4v) is 4.67. The second-order valence-corrected chi connectivity index (χ2v) is 8.72. The zero-order valence-electron chi connectivity index (χ0n) is 18.9. The molecule has 0 radical (unpaired) electrons. The van der Waals surface area contributed by atoms with E-state index >= 15 is 0 Å². The minimum atomic E-state index is -0.215. The number of aromatic amines is 1. The number of carbonyl (C=O) groups excluding carboxylic acids is 1. The first-order valence-electron chi connectivity index (χ1n) is 11.5. The molecule has 8 nitrogen and oxygen atoms in total. The van der Waals surface area contributed by atoms with E-state index in [-0.39, 0.29) is 30.3 Å². The number of amides is 2. The molecule has 1 aliphatic carbocycles. The summed E-state index contributed by atoms with van der Waals surface area (Å²) in [6.07, 6.45) is 7.48. The Balaban J connectivity index is 1.58. The number of fused-ring (bicyclic) bond motifs is 1. The molecule has 1 aromatic heterocycles. The molecule has 0 unspecified atom stereocenters. The molecular weight excluding hydrogens is 410 g/mol. The summed E-state index contributed by atoms with van der Waals surface area (Å²) >= 11 is 0. The van der Waals surface area contributed by atoms with Gasteiger partial charge in [-0.1, -0.05) is 19.3 Å². The summed E-state index contributed by atoms with van der Waals surface area (Å²) in [4.78, 5) is 30.7. The maximum Gasteiger partial charge on any atom is 0.318 e. The molecule has 0 bridgehead atoms. The zero-order chi connectivity index (χ0) is 22.5. The van der Waals surface area contributed by atoms with Crippen molar-refractivity contribution in [1.29, 1.82) is 0 Å². The fraction of sp³-hybridized carbons (Fsp3) is 0.583. The normalized spacial score (nSPS) is 19.1. The molecule has 1 aliphatic heterocycles. The number of nitrogens with zero attached hydrogens (tertiary/aromatic N) is 1. The highest BCUT2D eigenvalue weighted by Gasteiger charge is 2.26. The van der Waals surface area contributed by atoms with E-state index in [9.17, 15) is 9.59 Å². The van der Waals surface area contributed by atoms with Crippen molar-refractivity contribution in [3.63, 3.8) is 0 Å². The summed E-state index contributed by atoms with van der Waals surface area (Å²) < 4.78 is 16.5. The molecule has 4 rings (SSSR count). The van der Waals surface area contributed by atoms with E-state index in [4.69, 9.17) is 14.2 Å². The third kappa shape index (κ3) is 5.18. The van der Waals surface area contributed by atoms with Gasteiger partial charge >= 0.3 is 6.03 Å². The number of nitrogens with one attached hydrogen (secondary N) is 2. The van der Waals surface area contributed by atoms with Crippen LogP contribution >= 0.6 is 0 Å². The number of rotatable bonds is 7. The molecule has 1 saturated heterocycles.